The van der Waals surface area contributed by atoms with Gasteiger partial charge in [-0.15, -0.1) is 0 Å². The van der Waals surface area contributed by atoms with E-state index in [0.29, 0.717) is 22.8 Å². The fourth-order valence-electron chi connectivity index (χ4n) is 2.34. The van der Waals surface area contributed by atoms with E-state index in [2.05, 4.69) is 9.93 Å². The van der Waals surface area contributed by atoms with E-state index >= 15 is 0 Å². The first-order valence-corrected chi connectivity index (χ1v) is 9.78. The third-order valence-corrected chi connectivity index (χ3v) is 5.63. The minimum atomic E-state index is -4.05. The van der Waals surface area contributed by atoms with E-state index < -0.39 is 10.0 Å². The summed E-state index contributed by atoms with van der Waals surface area (Å²) in [7, 11) is 0.381. The molecule has 0 spiro atoms. The number of hydrazone groups is 1. The van der Waals surface area contributed by atoms with E-state index in [1.807, 2.05) is 0 Å². The number of benzene rings is 2. The molecule has 0 aliphatic carbocycles. The molecule has 0 radical (unpaired) electrons. The molecule has 2 aromatic rings. The summed E-state index contributed by atoms with van der Waals surface area (Å²) >= 11 is 12.1. The summed E-state index contributed by atoms with van der Waals surface area (Å²) in [5.74, 6) is 1.23. The number of hydrogen-bond acceptors (Lipinski definition) is 6. The quantitative estimate of drug-likeness (QED) is 0.532. The molecule has 10 heteroatoms. The van der Waals surface area contributed by atoms with Crippen molar-refractivity contribution in [2.45, 2.75) is 11.8 Å². The normalized spacial score (nSPS) is 11.5. The average molecular weight is 433 g/mol. The van der Waals surface area contributed by atoms with Gasteiger partial charge in [-0.05, 0) is 36.8 Å². The van der Waals surface area contributed by atoms with Crippen molar-refractivity contribution in [3.05, 3.63) is 45.4 Å². The number of rotatable bonds is 7. The van der Waals surface area contributed by atoms with Gasteiger partial charge in [0.05, 0.1) is 37.6 Å². The molecule has 0 heterocycles. The van der Waals surface area contributed by atoms with Crippen molar-refractivity contribution in [2.24, 2.45) is 5.10 Å². The molecule has 2 aromatic carbocycles. The van der Waals surface area contributed by atoms with Crippen LogP contribution in [0.1, 0.15) is 11.1 Å². The highest BCUT2D eigenvalue weighted by atomic mass is 35.5. The van der Waals surface area contributed by atoms with E-state index in [-0.39, 0.29) is 14.9 Å². The Hall–Kier alpha value is -2.16. The first kappa shape index (κ1) is 21.1. The van der Waals surface area contributed by atoms with Crippen LogP contribution >= 0.6 is 23.2 Å². The average Bonchev–Trinajstić information content (AvgIpc) is 2.59. The van der Waals surface area contributed by atoms with E-state index in [1.165, 1.54) is 39.7 Å². The molecule has 146 valence electrons. The van der Waals surface area contributed by atoms with Gasteiger partial charge >= 0.3 is 0 Å². The molecular weight excluding hydrogens is 415 g/mol. The summed E-state index contributed by atoms with van der Waals surface area (Å²) in [6.07, 6.45) is 1.29. The van der Waals surface area contributed by atoms with Crippen LogP contribution in [0.25, 0.3) is 0 Å². The minimum absolute atomic E-state index is 0.00971. The second-order valence-corrected chi connectivity index (χ2v) is 7.78. The van der Waals surface area contributed by atoms with E-state index in [4.69, 9.17) is 37.4 Å². The molecule has 1 N–H and O–H groups in total. The van der Waals surface area contributed by atoms with Gasteiger partial charge < -0.3 is 14.2 Å². The van der Waals surface area contributed by atoms with Crippen molar-refractivity contribution in [1.82, 2.24) is 4.83 Å². The molecule has 0 atom stereocenters. The Kier molecular flexibility index (Phi) is 6.80. The number of halogens is 2. The van der Waals surface area contributed by atoms with Gasteiger partial charge in [0.1, 0.15) is 4.90 Å². The van der Waals surface area contributed by atoms with Crippen molar-refractivity contribution in [3.8, 4) is 17.2 Å². The molecule has 0 fully saturated rings. The summed E-state index contributed by atoms with van der Waals surface area (Å²) in [6, 6.07) is 6.24. The monoisotopic (exact) mass is 432 g/mol. The number of nitrogens with one attached hydrogen (secondary N) is 1. The van der Waals surface area contributed by atoms with Gasteiger partial charge in [0, 0.05) is 5.56 Å². The van der Waals surface area contributed by atoms with Crippen LogP contribution in [0.3, 0.4) is 0 Å². The lowest BCUT2D eigenvalue weighted by Gasteiger charge is -2.12. The fraction of sp³-hybridized carbons (Fsp3) is 0.235. The number of nitrogens with zero attached hydrogens (tertiary/aromatic N) is 1. The summed E-state index contributed by atoms with van der Waals surface area (Å²) < 4.78 is 40.6. The Balaban J connectivity index is 2.32. The van der Waals surface area contributed by atoms with E-state index in [0.717, 1.165) is 5.56 Å². The Morgan fingerprint density at radius 2 is 1.48 bits per heavy atom. The Morgan fingerprint density at radius 1 is 0.963 bits per heavy atom. The van der Waals surface area contributed by atoms with Crippen LogP contribution in [-0.2, 0) is 10.0 Å². The predicted molar refractivity (Wildman–Crippen MR) is 105 cm³/mol. The van der Waals surface area contributed by atoms with Crippen LogP contribution in [-0.4, -0.2) is 36.0 Å². The highest BCUT2D eigenvalue weighted by Gasteiger charge is 2.21. The van der Waals surface area contributed by atoms with Crippen LogP contribution in [0.15, 0.2) is 34.3 Å². The standard InChI is InChI=1S/C17H18Cl2N2O5S/c1-10-5-12(18)17(13(19)6-10)27(22,23)21-20-9-11-7-14(24-2)16(26-4)15(8-11)25-3/h5-9,21H,1-4H3/b20-9-. The van der Waals surface area contributed by atoms with Gasteiger partial charge in [0.25, 0.3) is 10.0 Å². The summed E-state index contributed by atoms with van der Waals surface area (Å²) in [5, 5.41) is 3.79. The predicted octanol–water partition coefficient (Wildman–Crippen LogP) is 3.64. The molecule has 0 aliphatic rings. The van der Waals surface area contributed by atoms with Gasteiger partial charge in [-0.1, -0.05) is 23.2 Å². The van der Waals surface area contributed by atoms with Gasteiger partial charge in [-0.25, -0.2) is 0 Å². The Labute approximate surface area is 167 Å². The lowest BCUT2D eigenvalue weighted by molar-refractivity contribution is 0.324. The zero-order chi connectivity index (χ0) is 20.2. The Bertz CT molecular complexity index is 929. The molecule has 0 aliphatic heterocycles. The maximum atomic E-state index is 12.5. The van der Waals surface area contributed by atoms with Crippen molar-refractivity contribution in [2.75, 3.05) is 21.3 Å². The van der Waals surface area contributed by atoms with Crippen molar-refractivity contribution in [1.29, 1.82) is 0 Å². The number of hydrogen-bond donors (Lipinski definition) is 1. The highest BCUT2D eigenvalue weighted by molar-refractivity contribution is 7.89. The molecule has 27 heavy (non-hydrogen) atoms. The maximum absolute atomic E-state index is 12.5. The van der Waals surface area contributed by atoms with Crippen LogP contribution in [0, 0.1) is 6.92 Å². The Morgan fingerprint density at radius 3 is 1.93 bits per heavy atom. The summed E-state index contributed by atoms with van der Waals surface area (Å²) in [5.41, 5.74) is 1.26. The van der Waals surface area contributed by atoms with Crippen molar-refractivity contribution >= 4 is 39.4 Å². The molecule has 2 rings (SSSR count). The number of methoxy groups -OCH3 is 3. The van der Waals surface area contributed by atoms with Gasteiger partial charge in [0.2, 0.25) is 5.75 Å². The number of ether oxygens (including phenoxy) is 3. The first-order valence-electron chi connectivity index (χ1n) is 7.54. The third-order valence-electron chi connectivity index (χ3n) is 3.48. The largest absolute Gasteiger partial charge is 0.493 e. The molecule has 0 amide bonds. The maximum Gasteiger partial charge on any atom is 0.279 e. The lowest BCUT2D eigenvalue weighted by Crippen LogP contribution is -2.19. The molecule has 0 aromatic heterocycles. The summed E-state index contributed by atoms with van der Waals surface area (Å²) in [6.45, 7) is 1.75. The lowest BCUT2D eigenvalue weighted by atomic mass is 10.2. The van der Waals surface area contributed by atoms with Gasteiger partial charge in [-0.3, -0.25) is 0 Å². The van der Waals surface area contributed by atoms with Crippen LogP contribution in [0.5, 0.6) is 17.2 Å². The second-order valence-electron chi connectivity index (χ2n) is 5.37. The fourth-order valence-corrected chi connectivity index (χ4v) is 4.45. The van der Waals surface area contributed by atoms with Crippen molar-refractivity contribution in [3.63, 3.8) is 0 Å². The molecule has 0 unspecified atom stereocenters. The molecule has 0 bridgehead atoms. The number of sulfonamides is 1. The molecule has 0 saturated heterocycles. The highest BCUT2D eigenvalue weighted by Crippen LogP contribution is 2.37. The SMILES string of the molecule is COc1cc(/C=N\NS(=O)(=O)c2c(Cl)cc(C)cc2Cl)cc(OC)c1OC. The second kappa shape index (κ2) is 8.69. The zero-order valence-electron chi connectivity index (χ0n) is 15.0. The van der Waals surface area contributed by atoms with Gasteiger partial charge in [-0.2, -0.15) is 18.4 Å². The van der Waals surface area contributed by atoms with Crippen molar-refractivity contribution < 1.29 is 22.6 Å². The molecule has 7 nitrogen and oxygen atoms in total. The van der Waals surface area contributed by atoms with E-state index in [1.54, 1.807) is 19.1 Å². The van der Waals surface area contributed by atoms with Crippen LogP contribution < -0.4 is 19.0 Å². The zero-order valence-corrected chi connectivity index (χ0v) is 17.4. The smallest absolute Gasteiger partial charge is 0.279 e. The minimum Gasteiger partial charge on any atom is -0.493 e. The first-order chi connectivity index (χ1) is 12.7. The van der Waals surface area contributed by atoms with Gasteiger partial charge in [0.15, 0.2) is 11.5 Å². The summed E-state index contributed by atoms with van der Waals surface area (Å²) in [4.78, 5) is 1.85. The topological polar surface area (TPSA) is 86.2 Å². The van der Waals surface area contributed by atoms with E-state index in [9.17, 15) is 8.42 Å². The third kappa shape index (κ3) is 4.77. The molecular formula is C17H18Cl2N2O5S. The van der Waals surface area contributed by atoms with Crippen LogP contribution in [0.2, 0.25) is 10.0 Å². The molecule has 0 saturated carbocycles. The van der Waals surface area contributed by atoms with Crippen LogP contribution in [0.4, 0.5) is 0 Å². The number of aryl methyl sites for hydroxylation is 1.